The lowest BCUT2D eigenvalue weighted by Crippen LogP contribution is -2.20. The maximum atomic E-state index is 12.7. The quantitative estimate of drug-likeness (QED) is 0.685. The molecule has 6 heteroatoms. The van der Waals surface area contributed by atoms with E-state index in [1.54, 1.807) is 10.9 Å². The van der Waals surface area contributed by atoms with Crippen LogP contribution in [0.5, 0.6) is 0 Å². The van der Waals surface area contributed by atoms with Crippen LogP contribution in [-0.4, -0.2) is 27.6 Å². The smallest absolute Gasteiger partial charge is 0.271 e. The average Bonchev–Trinajstić information content (AvgIpc) is 3.17. The lowest BCUT2D eigenvalue weighted by Gasteiger charge is -2.16. The molecular weight excluding hydrogens is 320 g/mol. The minimum absolute atomic E-state index is 0.00637. The molecule has 0 spiro atoms. The third-order valence-corrected chi connectivity index (χ3v) is 5.53. The number of hydrogen-bond acceptors (Lipinski definition) is 5. The number of hydrogen-bond donors (Lipinski definition) is 0. The van der Waals surface area contributed by atoms with E-state index in [1.165, 1.54) is 24.2 Å². The number of pyridine rings is 1. The van der Waals surface area contributed by atoms with Crippen molar-refractivity contribution in [1.29, 1.82) is 0 Å². The van der Waals surface area contributed by atoms with Crippen molar-refractivity contribution in [2.24, 2.45) is 0 Å². The summed E-state index contributed by atoms with van der Waals surface area (Å²) in [5.74, 6) is 1.02. The van der Waals surface area contributed by atoms with Gasteiger partial charge < -0.3 is 4.90 Å². The van der Waals surface area contributed by atoms with Gasteiger partial charge in [-0.25, -0.2) is 9.97 Å². The van der Waals surface area contributed by atoms with Crippen molar-refractivity contribution in [2.75, 3.05) is 18.0 Å². The highest BCUT2D eigenvalue weighted by atomic mass is 32.1. The van der Waals surface area contributed by atoms with Gasteiger partial charge in [-0.15, -0.1) is 11.3 Å². The highest BCUT2D eigenvalue weighted by molar-refractivity contribution is 7.25. The zero-order valence-corrected chi connectivity index (χ0v) is 14.8. The molecule has 0 amide bonds. The molecule has 3 aromatic heterocycles. The van der Waals surface area contributed by atoms with Crippen LogP contribution in [0.2, 0.25) is 0 Å². The maximum absolute atomic E-state index is 12.7. The molecule has 124 valence electrons. The van der Waals surface area contributed by atoms with Crippen LogP contribution in [0, 0.1) is 6.92 Å². The molecule has 1 aliphatic heterocycles. The van der Waals surface area contributed by atoms with E-state index in [0.717, 1.165) is 45.8 Å². The molecule has 0 aliphatic carbocycles. The number of thiophene rings is 1. The first kappa shape index (κ1) is 15.3. The summed E-state index contributed by atoms with van der Waals surface area (Å²) in [6, 6.07) is 2.13. The normalized spacial score (nSPS) is 14.8. The van der Waals surface area contributed by atoms with Crippen LogP contribution in [-0.2, 0) is 6.54 Å². The molecule has 0 N–H and O–H groups in total. The van der Waals surface area contributed by atoms with Gasteiger partial charge in [-0.3, -0.25) is 9.36 Å². The minimum atomic E-state index is -0.00637. The second-order valence-electron chi connectivity index (χ2n) is 6.59. The van der Waals surface area contributed by atoms with E-state index in [4.69, 9.17) is 4.98 Å². The van der Waals surface area contributed by atoms with Crippen LogP contribution in [0.15, 0.2) is 29.3 Å². The zero-order valence-electron chi connectivity index (χ0n) is 14.0. The summed E-state index contributed by atoms with van der Waals surface area (Å²) < 4.78 is 2.31. The molecule has 0 bridgehead atoms. The SMILES string of the molecule is C=C(C)Cn1cnc2c(sc3nc(N4CCCC4)cc(C)c32)c1=O. The van der Waals surface area contributed by atoms with E-state index in [0.29, 0.717) is 11.2 Å². The summed E-state index contributed by atoms with van der Waals surface area (Å²) in [5, 5.41) is 1.01. The first-order valence-electron chi connectivity index (χ1n) is 8.23. The average molecular weight is 340 g/mol. The highest BCUT2D eigenvalue weighted by Gasteiger charge is 2.19. The van der Waals surface area contributed by atoms with E-state index < -0.39 is 0 Å². The standard InChI is InChI=1S/C18H20N4OS/c1-11(2)9-22-10-19-15-14-12(3)8-13(21-6-4-5-7-21)20-17(14)24-16(15)18(22)23/h8,10H,1,4-7,9H2,2-3H3. The Labute approximate surface area is 144 Å². The molecule has 1 aliphatic rings. The van der Waals surface area contributed by atoms with E-state index in [2.05, 4.69) is 29.5 Å². The Morgan fingerprint density at radius 3 is 2.83 bits per heavy atom. The highest BCUT2D eigenvalue weighted by Crippen LogP contribution is 2.34. The van der Waals surface area contributed by atoms with Gasteiger partial charge in [-0.05, 0) is 38.3 Å². The molecule has 24 heavy (non-hydrogen) atoms. The van der Waals surface area contributed by atoms with Gasteiger partial charge in [0.25, 0.3) is 5.56 Å². The Bertz CT molecular complexity index is 1010. The summed E-state index contributed by atoms with van der Waals surface area (Å²) in [4.78, 5) is 25.3. The monoisotopic (exact) mass is 340 g/mol. The predicted molar refractivity (Wildman–Crippen MR) is 100 cm³/mol. The van der Waals surface area contributed by atoms with Crippen molar-refractivity contribution in [3.63, 3.8) is 0 Å². The Balaban J connectivity index is 1.93. The van der Waals surface area contributed by atoms with Crippen LogP contribution < -0.4 is 10.5 Å². The number of anilines is 1. The van der Waals surface area contributed by atoms with Gasteiger partial charge in [0.05, 0.1) is 11.8 Å². The molecule has 0 unspecified atom stereocenters. The molecule has 1 saturated heterocycles. The number of nitrogens with zero attached hydrogens (tertiary/aromatic N) is 4. The van der Waals surface area contributed by atoms with Gasteiger partial charge in [-0.1, -0.05) is 12.2 Å². The molecule has 4 heterocycles. The molecule has 1 fully saturated rings. The molecule has 3 aromatic rings. The fraction of sp³-hybridized carbons (Fsp3) is 0.389. The Morgan fingerprint density at radius 1 is 1.38 bits per heavy atom. The number of fused-ring (bicyclic) bond motifs is 3. The van der Waals surface area contributed by atoms with Gasteiger partial charge in [0, 0.05) is 25.0 Å². The second-order valence-corrected chi connectivity index (χ2v) is 7.59. The zero-order chi connectivity index (χ0) is 16.8. The molecule has 0 atom stereocenters. The third-order valence-electron chi connectivity index (χ3n) is 4.47. The molecule has 0 saturated carbocycles. The van der Waals surface area contributed by atoms with Crippen LogP contribution in [0.3, 0.4) is 0 Å². The van der Waals surface area contributed by atoms with E-state index >= 15 is 0 Å². The third kappa shape index (κ3) is 2.41. The van der Waals surface area contributed by atoms with Crippen LogP contribution >= 0.6 is 11.3 Å². The largest absolute Gasteiger partial charge is 0.357 e. The molecule has 5 nitrogen and oxygen atoms in total. The van der Waals surface area contributed by atoms with E-state index in [9.17, 15) is 4.79 Å². The fourth-order valence-electron chi connectivity index (χ4n) is 3.34. The van der Waals surface area contributed by atoms with Crippen molar-refractivity contribution in [1.82, 2.24) is 14.5 Å². The number of aryl methyl sites for hydroxylation is 1. The van der Waals surface area contributed by atoms with Crippen LogP contribution in [0.4, 0.5) is 5.82 Å². The Kier molecular flexibility index (Phi) is 3.64. The Morgan fingerprint density at radius 2 is 2.12 bits per heavy atom. The summed E-state index contributed by atoms with van der Waals surface area (Å²) >= 11 is 1.45. The number of rotatable bonds is 3. The van der Waals surface area contributed by atoms with Gasteiger partial charge in [0.2, 0.25) is 0 Å². The van der Waals surface area contributed by atoms with Gasteiger partial charge in [0.1, 0.15) is 15.3 Å². The van der Waals surface area contributed by atoms with Gasteiger partial charge in [-0.2, -0.15) is 0 Å². The number of aromatic nitrogens is 3. The molecular formula is C18H20N4OS. The lowest BCUT2D eigenvalue weighted by atomic mass is 10.2. The fourth-order valence-corrected chi connectivity index (χ4v) is 4.49. The van der Waals surface area contributed by atoms with Crippen molar-refractivity contribution >= 4 is 37.6 Å². The summed E-state index contributed by atoms with van der Waals surface area (Å²) in [6.45, 7) is 10.5. The van der Waals surface area contributed by atoms with Crippen LogP contribution in [0.25, 0.3) is 20.4 Å². The number of allylic oxidation sites excluding steroid dienone is 1. The molecule has 0 aromatic carbocycles. The van der Waals surface area contributed by atoms with Gasteiger partial charge >= 0.3 is 0 Å². The second kappa shape index (κ2) is 5.70. The first-order valence-corrected chi connectivity index (χ1v) is 9.05. The Hall–Kier alpha value is -2.21. The van der Waals surface area contributed by atoms with Crippen molar-refractivity contribution < 1.29 is 0 Å². The van der Waals surface area contributed by atoms with E-state index in [-0.39, 0.29) is 5.56 Å². The van der Waals surface area contributed by atoms with Crippen molar-refractivity contribution in [3.8, 4) is 0 Å². The minimum Gasteiger partial charge on any atom is -0.357 e. The summed E-state index contributed by atoms with van der Waals surface area (Å²) in [7, 11) is 0. The van der Waals surface area contributed by atoms with Gasteiger partial charge in [0.15, 0.2) is 0 Å². The topological polar surface area (TPSA) is 51.0 Å². The van der Waals surface area contributed by atoms with Crippen LogP contribution in [0.1, 0.15) is 25.3 Å². The van der Waals surface area contributed by atoms with Crippen molar-refractivity contribution in [2.45, 2.75) is 33.2 Å². The van der Waals surface area contributed by atoms with Crippen molar-refractivity contribution in [3.05, 3.63) is 40.5 Å². The van der Waals surface area contributed by atoms with E-state index in [1.807, 2.05) is 6.92 Å². The molecule has 4 rings (SSSR count). The summed E-state index contributed by atoms with van der Waals surface area (Å²) in [6.07, 6.45) is 4.07. The molecule has 0 radical (unpaired) electrons. The first-order chi connectivity index (χ1) is 11.5. The predicted octanol–water partition coefficient (Wildman–Crippen LogP) is 3.49. The lowest BCUT2D eigenvalue weighted by molar-refractivity contribution is 0.740. The summed E-state index contributed by atoms with van der Waals surface area (Å²) in [5.41, 5.74) is 2.84. The maximum Gasteiger partial charge on any atom is 0.271 e.